The number of rotatable bonds is 2. The normalized spacial score (nSPS) is 11.4. The summed E-state index contributed by atoms with van der Waals surface area (Å²) in [6, 6.07) is 16.2. The molecule has 0 radical (unpaired) electrons. The largest absolute Gasteiger partial charge is 0.305 e. The lowest BCUT2D eigenvalue weighted by Crippen LogP contribution is -2.11. The van der Waals surface area contributed by atoms with Crippen LogP contribution in [0.2, 0.25) is 5.02 Å². The van der Waals surface area contributed by atoms with Crippen molar-refractivity contribution in [1.29, 1.82) is 5.26 Å². The molecule has 0 atom stereocenters. The first kappa shape index (κ1) is 14.1. The van der Waals surface area contributed by atoms with E-state index in [1.165, 1.54) is 0 Å². The molecule has 0 aliphatic heterocycles. The Morgan fingerprint density at radius 2 is 1.91 bits per heavy atom. The second kappa shape index (κ2) is 5.84. The van der Waals surface area contributed by atoms with E-state index in [-0.39, 0.29) is 17.0 Å². The van der Waals surface area contributed by atoms with Crippen LogP contribution < -0.4 is 5.56 Å². The molecule has 0 saturated heterocycles. The Bertz CT molecular complexity index is 983. The standard InChI is InChI=1S/C17H10ClN3O/c18-14-7-3-1-5-11(14)9-12(10-19)16-20-15-8-4-2-6-13(15)17(22)21-16/h1-9H,(H,20,21,22)/b12-9-. The molecular formula is C17H10ClN3O. The molecule has 1 heterocycles. The molecule has 1 aromatic heterocycles. The number of halogens is 1. The van der Waals surface area contributed by atoms with E-state index in [4.69, 9.17) is 11.6 Å². The topological polar surface area (TPSA) is 69.5 Å². The van der Waals surface area contributed by atoms with Gasteiger partial charge in [-0.15, -0.1) is 0 Å². The summed E-state index contributed by atoms with van der Waals surface area (Å²) >= 11 is 6.09. The first-order valence-electron chi connectivity index (χ1n) is 6.55. The summed E-state index contributed by atoms with van der Waals surface area (Å²) in [7, 11) is 0. The Morgan fingerprint density at radius 1 is 1.18 bits per heavy atom. The maximum atomic E-state index is 12.1. The summed E-state index contributed by atoms with van der Waals surface area (Å²) in [5.41, 5.74) is 1.20. The van der Waals surface area contributed by atoms with Crippen molar-refractivity contribution in [1.82, 2.24) is 9.97 Å². The van der Waals surface area contributed by atoms with Gasteiger partial charge in [0.25, 0.3) is 5.56 Å². The predicted octanol–water partition coefficient (Wildman–Crippen LogP) is 3.64. The monoisotopic (exact) mass is 307 g/mol. The number of aromatic nitrogens is 2. The molecule has 4 nitrogen and oxygen atoms in total. The van der Waals surface area contributed by atoms with Crippen LogP contribution in [0.3, 0.4) is 0 Å². The molecule has 106 valence electrons. The van der Waals surface area contributed by atoms with Crippen LogP contribution in [0.5, 0.6) is 0 Å². The lowest BCUT2D eigenvalue weighted by molar-refractivity contribution is 1.13. The molecule has 0 fully saturated rings. The Balaban J connectivity index is 2.18. The van der Waals surface area contributed by atoms with Crippen molar-refractivity contribution < 1.29 is 0 Å². The average molecular weight is 308 g/mol. The number of allylic oxidation sites excluding steroid dienone is 1. The van der Waals surface area contributed by atoms with E-state index in [9.17, 15) is 10.1 Å². The molecule has 0 bridgehead atoms. The van der Waals surface area contributed by atoms with E-state index in [0.717, 1.165) is 0 Å². The van der Waals surface area contributed by atoms with Crippen LogP contribution in [0.25, 0.3) is 22.6 Å². The van der Waals surface area contributed by atoms with E-state index in [2.05, 4.69) is 16.0 Å². The Hall–Kier alpha value is -2.90. The van der Waals surface area contributed by atoms with Crippen molar-refractivity contribution in [3.63, 3.8) is 0 Å². The number of nitrogens with one attached hydrogen (secondary N) is 1. The maximum Gasteiger partial charge on any atom is 0.259 e. The van der Waals surface area contributed by atoms with Gasteiger partial charge in [-0.3, -0.25) is 4.79 Å². The molecule has 0 unspecified atom stereocenters. The van der Waals surface area contributed by atoms with E-state index in [1.54, 1.807) is 42.5 Å². The number of fused-ring (bicyclic) bond motifs is 1. The van der Waals surface area contributed by atoms with Crippen LogP contribution in [-0.2, 0) is 0 Å². The van der Waals surface area contributed by atoms with Crippen molar-refractivity contribution in [2.75, 3.05) is 0 Å². The highest BCUT2D eigenvalue weighted by molar-refractivity contribution is 6.32. The van der Waals surface area contributed by atoms with Gasteiger partial charge < -0.3 is 4.98 Å². The molecule has 3 aromatic rings. The third-order valence-corrected chi connectivity index (χ3v) is 3.54. The van der Waals surface area contributed by atoms with Gasteiger partial charge in [-0.05, 0) is 29.8 Å². The molecule has 3 rings (SSSR count). The number of nitriles is 1. The van der Waals surface area contributed by atoms with Crippen LogP contribution in [-0.4, -0.2) is 9.97 Å². The zero-order valence-electron chi connectivity index (χ0n) is 11.4. The van der Waals surface area contributed by atoms with Gasteiger partial charge in [-0.25, -0.2) is 4.98 Å². The van der Waals surface area contributed by atoms with Crippen LogP contribution in [0.15, 0.2) is 53.3 Å². The van der Waals surface area contributed by atoms with Crippen molar-refractivity contribution in [2.24, 2.45) is 0 Å². The van der Waals surface area contributed by atoms with Crippen molar-refractivity contribution in [3.8, 4) is 6.07 Å². The number of H-pyrrole nitrogens is 1. The number of para-hydroxylation sites is 1. The second-order valence-corrected chi connectivity index (χ2v) is 5.03. The fourth-order valence-corrected chi connectivity index (χ4v) is 2.31. The fourth-order valence-electron chi connectivity index (χ4n) is 2.12. The summed E-state index contributed by atoms with van der Waals surface area (Å²) in [6.07, 6.45) is 1.61. The molecule has 0 aliphatic carbocycles. The predicted molar refractivity (Wildman–Crippen MR) is 87.3 cm³/mol. The summed E-state index contributed by atoms with van der Waals surface area (Å²) in [5.74, 6) is 0.228. The van der Waals surface area contributed by atoms with E-state index >= 15 is 0 Å². The first-order valence-corrected chi connectivity index (χ1v) is 6.92. The zero-order chi connectivity index (χ0) is 15.5. The number of hydrogen-bond donors (Lipinski definition) is 1. The van der Waals surface area contributed by atoms with Gasteiger partial charge in [-0.2, -0.15) is 5.26 Å². The average Bonchev–Trinajstić information content (AvgIpc) is 2.54. The van der Waals surface area contributed by atoms with Crippen LogP contribution in [0.4, 0.5) is 0 Å². The number of aromatic amines is 1. The van der Waals surface area contributed by atoms with E-state index in [1.807, 2.05) is 12.1 Å². The van der Waals surface area contributed by atoms with E-state index < -0.39 is 0 Å². The molecular weight excluding hydrogens is 298 g/mol. The van der Waals surface area contributed by atoms with Crippen LogP contribution in [0.1, 0.15) is 11.4 Å². The SMILES string of the molecule is N#C/C(=C/c1ccccc1Cl)c1nc2ccccc2c(=O)[nH]1. The zero-order valence-corrected chi connectivity index (χ0v) is 12.1. The lowest BCUT2D eigenvalue weighted by Gasteiger charge is -2.03. The lowest BCUT2D eigenvalue weighted by atomic mass is 10.1. The fraction of sp³-hybridized carbons (Fsp3) is 0. The summed E-state index contributed by atoms with van der Waals surface area (Å²) in [5, 5.41) is 10.4. The minimum atomic E-state index is -0.277. The smallest absolute Gasteiger partial charge is 0.259 e. The summed E-state index contributed by atoms with van der Waals surface area (Å²) < 4.78 is 0. The highest BCUT2D eigenvalue weighted by Gasteiger charge is 2.08. The quantitative estimate of drug-likeness (QED) is 0.735. The van der Waals surface area contributed by atoms with Gasteiger partial charge in [0.1, 0.15) is 6.07 Å². The van der Waals surface area contributed by atoms with E-state index in [0.29, 0.717) is 21.5 Å². The van der Waals surface area contributed by atoms with Gasteiger partial charge in [0.05, 0.1) is 16.5 Å². The number of hydrogen-bond acceptors (Lipinski definition) is 3. The number of nitrogens with zero attached hydrogens (tertiary/aromatic N) is 2. The van der Waals surface area contributed by atoms with Crippen LogP contribution in [0, 0.1) is 11.3 Å². The number of benzene rings is 2. The minimum absolute atomic E-state index is 0.228. The highest BCUT2D eigenvalue weighted by Crippen LogP contribution is 2.21. The molecule has 0 spiro atoms. The van der Waals surface area contributed by atoms with Gasteiger partial charge >= 0.3 is 0 Å². The van der Waals surface area contributed by atoms with Crippen molar-refractivity contribution >= 4 is 34.2 Å². The highest BCUT2D eigenvalue weighted by atomic mass is 35.5. The maximum absolute atomic E-state index is 12.1. The molecule has 0 amide bonds. The minimum Gasteiger partial charge on any atom is -0.305 e. The Labute approximate surface area is 131 Å². The third kappa shape index (κ3) is 2.62. The second-order valence-electron chi connectivity index (χ2n) is 4.62. The van der Waals surface area contributed by atoms with Crippen molar-refractivity contribution in [3.05, 3.63) is 75.3 Å². The summed E-state index contributed by atoms with van der Waals surface area (Å²) in [4.78, 5) is 19.1. The van der Waals surface area contributed by atoms with Gasteiger partial charge in [0.15, 0.2) is 5.82 Å². The molecule has 1 N–H and O–H groups in total. The van der Waals surface area contributed by atoms with Gasteiger partial charge in [-0.1, -0.05) is 41.9 Å². The molecule has 2 aromatic carbocycles. The summed E-state index contributed by atoms with van der Waals surface area (Å²) in [6.45, 7) is 0. The Morgan fingerprint density at radius 3 is 2.68 bits per heavy atom. The molecule has 0 saturated carbocycles. The van der Waals surface area contributed by atoms with Gasteiger partial charge in [0.2, 0.25) is 0 Å². The molecule has 0 aliphatic rings. The third-order valence-electron chi connectivity index (χ3n) is 3.19. The van der Waals surface area contributed by atoms with Crippen molar-refractivity contribution in [2.45, 2.75) is 0 Å². The van der Waals surface area contributed by atoms with Crippen LogP contribution >= 0.6 is 11.6 Å². The molecule has 5 heteroatoms. The molecule has 22 heavy (non-hydrogen) atoms. The first-order chi connectivity index (χ1) is 10.7. The Kier molecular flexibility index (Phi) is 3.73. The van der Waals surface area contributed by atoms with Gasteiger partial charge in [0, 0.05) is 5.02 Å².